The van der Waals surface area contributed by atoms with Crippen molar-refractivity contribution in [2.75, 3.05) is 13.1 Å². The molecule has 0 amide bonds. The second-order valence-corrected chi connectivity index (χ2v) is 10.2. The normalized spacial score (nSPS) is 11.0. The van der Waals surface area contributed by atoms with Gasteiger partial charge in [-0.05, 0) is 77.4 Å². The smallest absolute Gasteiger partial charge is 0.262 e. The standard InChI is InChI=1S/C23H26Cl2N4O4S2.C4H11N/c1-5-26-18(30)16(19(31)27(6-2)22(26)34)15(14-12(24)10-9-11-13(14)25)17-20(32)28(7-3)23(35)29(8-4)21(17)33;1-3-5-4-2/h9-11,15,30,32H,5-8H2,1-4H3;5H,3-4H2,1-2H3. The van der Waals surface area contributed by atoms with Crippen LogP contribution in [0.3, 0.4) is 0 Å². The van der Waals surface area contributed by atoms with Crippen LogP contribution in [-0.2, 0) is 26.2 Å². The first-order valence-electron chi connectivity index (χ1n) is 13.3. The Morgan fingerprint density at radius 3 is 1.32 bits per heavy atom. The van der Waals surface area contributed by atoms with Gasteiger partial charge in [-0.2, -0.15) is 0 Å². The van der Waals surface area contributed by atoms with E-state index in [1.807, 2.05) is 0 Å². The second-order valence-electron chi connectivity index (χ2n) is 8.65. The highest BCUT2D eigenvalue weighted by Gasteiger charge is 2.35. The fourth-order valence-electron chi connectivity index (χ4n) is 4.52. The third kappa shape index (κ3) is 6.38. The summed E-state index contributed by atoms with van der Waals surface area (Å²) in [5.41, 5.74) is -1.39. The van der Waals surface area contributed by atoms with Gasteiger partial charge in [0.2, 0.25) is 11.8 Å². The Labute approximate surface area is 254 Å². The van der Waals surface area contributed by atoms with Gasteiger partial charge in [0.15, 0.2) is 9.54 Å². The number of hydrogen-bond acceptors (Lipinski definition) is 7. The summed E-state index contributed by atoms with van der Waals surface area (Å²) in [6, 6.07) is 4.74. The Kier molecular flexibility index (Phi) is 12.6. The molecule has 1 aromatic carbocycles. The lowest BCUT2D eigenvalue weighted by Crippen LogP contribution is -2.35. The van der Waals surface area contributed by atoms with E-state index in [4.69, 9.17) is 47.6 Å². The molecular formula is C27H37Cl2N5O4S2. The molecule has 9 nitrogen and oxygen atoms in total. The quantitative estimate of drug-likeness (QED) is 0.262. The van der Waals surface area contributed by atoms with Gasteiger partial charge in [0.25, 0.3) is 11.1 Å². The number of halogens is 2. The Morgan fingerprint density at radius 1 is 0.700 bits per heavy atom. The number of nitrogens with one attached hydrogen (secondary N) is 1. The number of hydrogen-bond donors (Lipinski definition) is 3. The average Bonchev–Trinajstić information content (AvgIpc) is 2.90. The van der Waals surface area contributed by atoms with Gasteiger partial charge in [0.05, 0.1) is 17.0 Å². The summed E-state index contributed by atoms with van der Waals surface area (Å²) in [5, 5.41) is 26.0. The van der Waals surface area contributed by atoms with Crippen LogP contribution < -0.4 is 16.4 Å². The van der Waals surface area contributed by atoms with Crippen LogP contribution in [-0.4, -0.2) is 41.6 Å². The van der Waals surface area contributed by atoms with Crippen LogP contribution in [0.15, 0.2) is 27.8 Å². The van der Waals surface area contributed by atoms with Crippen molar-refractivity contribution in [1.82, 2.24) is 23.6 Å². The van der Waals surface area contributed by atoms with Crippen molar-refractivity contribution in [2.24, 2.45) is 0 Å². The molecule has 0 aliphatic carbocycles. The maximum Gasteiger partial charge on any atom is 0.262 e. The molecule has 0 saturated carbocycles. The van der Waals surface area contributed by atoms with Gasteiger partial charge in [-0.15, -0.1) is 0 Å². The molecule has 0 aliphatic rings. The van der Waals surface area contributed by atoms with E-state index in [2.05, 4.69) is 19.2 Å². The van der Waals surface area contributed by atoms with Crippen LogP contribution in [0, 0.1) is 9.54 Å². The molecule has 3 rings (SSSR count). The number of rotatable bonds is 9. The molecule has 220 valence electrons. The van der Waals surface area contributed by atoms with Crippen LogP contribution >= 0.6 is 47.6 Å². The van der Waals surface area contributed by atoms with E-state index >= 15 is 0 Å². The van der Waals surface area contributed by atoms with Crippen LogP contribution in [0.2, 0.25) is 10.0 Å². The molecule has 0 radical (unpaired) electrons. The topological polar surface area (TPSA) is 106 Å². The summed E-state index contributed by atoms with van der Waals surface area (Å²) in [4.78, 5) is 27.5. The second kappa shape index (κ2) is 15.0. The molecule has 0 atom stereocenters. The summed E-state index contributed by atoms with van der Waals surface area (Å²) < 4.78 is 5.66. The summed E-state index contributed by atoms with van der Waals surface area (Å²) >= 11 is 24.0. The molecular weight excluding hydrogens is 593 g/mol. The van der Waals surface area contributed by atoms with Gasteiger partial charge in [-0.25, -0.2) is 0 Å². The first-order chi connectivity index (χ1) is 19.0. The summed E-state index contributed by atoms with van der Waals surface area (Å²) in [5.74, 6) is -2.17. The van der Waals surface area contributed by atoms with Gasteiger partial charge in [-0.3, -0.25) is 27.9 Å². The first-order valence-corrected chi connectivity index (χ1v) is 14.8. The zero-order chi connectivity index (χ0) is 30.3. The summed E-state index contributed by atoms with van der Waals surface area (Å²) in [6.45, 7) is 14.4. The number of benzene rings is 1. The van der Waals surface area contributed by atoms with Crippen LogP contribution in [0.25, 0.3) is 0 Å². The maximum absolute atomic E-state index is 13.7. The molecule has 40 heavy (non-hydrogen) atoms. The monoisotopic (exact) mass is 629 g/mol. The minimum Gasteiger partial charge on any atom is -0.494 e. The van der Waals surface area contributed by atoms with Gasteiger partial charge >= 0.3 is 0 Å². The Bertz CT molecular complexity index is 1480. The van der Waals surface area contributed by atoms with E-state index in [-0.39, 0.29) is 62.5 Å². The fourth-order valence-corrected chi connectivity index (χ4v) is 5.99. The highest BCUT2D eigenvalue weighted by atomic mass is 35.5. The van der Waals surface area contributed by atoms with E-state index in [0.29, 0.717) is 0 Å². The van der Waals surface area contributed by atoms with Gasteiger partial charge < -0.3 is 15.5 Å². The minimum absolute atomic E-state index is 0.130. The van der Waals surface area contributed by atoms with Gasteiger partial charge in [0, 0.05) is 41.8 Å². The molecule has 0 aliphatic heterocycles. The van der Waals surface area contributed by atoms with E-state index < -0.39 is 28.8 Å². The molecule has 3 aromatic rings. The molecule has 0 unspecified atom stereocenters. The number of nitrogens with zero attached hydrogens (tertiary/aromatic N) is 4. The van der Waals surface area contributed by atoms with E-state index in [9.17, 15) is 19.8 Å². The number of aromatic nitrogens is 4. The summed E-state index contributed by atoms with van der Waals surface area (Å²) in [6.07, 6.45) is 0. The maximum atomic E-state index is 13.7. The molecule has 0 saturated heterocycles. The van der Waals surface area contributed by atoms with Crippen molar-refractivity contribution in [3.05, 3.63) is 75.2 Å². The van der Waals surface area contributed by atoms with Gasteiger partial charge in [0.1, 0.15) is 0 Å². The first kappa shape index (κ1) is 33.8. The van der Waals surface area contributed by atoms with Crippen molar-refractivity contribution in [2.45, 2.75) is 73.6 Å². The third-order valence-electron chi connectivity index (χ3n) is 6.50. The predicted octanol–water partition coefficient (Wildman–Crippen LogP) is 5.67. The van der Waals surface area contributed by atoms with E-state index in [1.54, 1.807) is 45.9 Å². The molecule has 2 heterocycles. The lowest BCUT2D eigenvalue weighted by molar-refractivity contribution is 0.380. The Morgan fingerprint density at radius 2 is 1.05 bits per heavy atom. The molecule has 0 spiro atoms. The zero-order valence-electron chi connectivity index (χ0n) is 23.6. The molecule has 13 heteroatoms. The zero-order valence-corrected chi connectivity index (χ0v) is 26.8. The lowest BCUT2D eigenvalue weighted by atomic mass is 9.86. The predicted molar refractivity (Wildman–Crippen MR) is 167 cm³/mol. The highest BCUT2D eigenvalue weighted by Crippen LogP contribution is 2.43. The average molecular weight is 631 g/mol. The molecule has 3 N–H and O–H groups in total. The molecule has 0 fully saturated rings. The Hall–Kier alpha value is -2.44. The van der Waals surface area contributed by atoms with Crippen LogP contribution in [0.1, 0.15) is 64.2 Å². The fraction of sp³-hybridized carbons (Fsp3) is 0.481. The Balaban J connectivity index is 0.00000103. The lowest BCUT2D eigenvalue weighted by Gasteiger charge is -2.26. The van der Waals surface area contributed by atoms with Crippen molar-refractivity contribution in [1.29, 1.82) is 0 Å². The largest absolute Gasteiger partial charge is 0.494 e. The third-order valence-corrected chi connectivity index (χ3v) is 8.04. The molecule has 2 aromatic heterocycles. The van der Waals surface area contributed by atoms with E-state index in [0.717, 1.165) is 13.1 Å². The van der Waals surface area contributed by atoms with Crippen molar-refractivity contribution in [3.63, 3.8) is 0 Å². The van der Waals surface area contributed by atoms with Crippen molar-refractivity contribution < 1.29 is 10.2 Å². The minimum atomic E-state index is -1.31. The highest BCUT2D eigenvalue weighted by molar-refractivity contribution is 7.71. The summed E-state index contributed by atoms with van der Waals surface area (Å²) in [7, 11) is 0. The van der Waals surface area contributed by atoms with Crippen LogP contribution in [0.5, 0.6) is 11.8 Å². The van der Waals surface area contributed by atoms with E-state index in [1.165, 1.54) is 18.3 Å². The van der Waals surface area contributed by atoms with Crippen molar-refractivity contribution in [3.8, 4) is 11.8 Å². The van der Waals surface area contributed by atoms with Crippen LogP contribution in [0.4, 0.5) is 0 Å². The van der Waals surface area contributed by atoms with Gasteiger partial charge in [-0.1, -0.05) is 43.1 Å². The molecule has 0 bridgehead atoms. The number of aromatic hydroxyl groups is 2. The SMILES string of the molecule is CCNCC.CCn1c(O)c(C(c2c(Cl)cccc2Cl)c2c(O)n(CC)c(=S)n(CC)c2=O)c(=O)n(CC)c1=S. The van der Waals surface area contributed by atoms with Crippen molar-refractivity contribution >= 4 is 47.6 Å².